The molecule has 2 rings (SSSR count). The number of hydrogen-bond donors (Lipinski definition) is 1. The van der Waals surface area contributed by atoms with Crippen molar-refractivity contribution in [3.8, 4) is 11.5 Å². The number of nitro benzene ring substituents is 1. The fourth-order valence-electron chi connectivity index (χ4n) is 2.39. The lowest BCUT2D eigenvalue weighted by molar-refractivity contribution is -0.385. The van der Waals surface area contributed by atoms with Gasteiger partial charge in [-0.3, -0.25) is 10.1 Å². The van der Waals surface area contributed by atoms with Crippen LogP contribution >= 0.6 is 0 Å². The molecule has 0 saturated heterocycles. The van der Waals surface area contributed by atoms with Crippen LogP contribution in [-0.4, -0.2) is 33.3 Å². The topological polar surface area (TPSA) is 120 Å². The summed E-state index contributed by atoms with van der Waals surface area (Å²) in [7, 11) is -2.57. The molecule has 0 heterocycles. The van der Waals surface area contributed by atoms with Crippen molar-refractivity contribution in [1.82, 2.24) is 4.83 Å². The number of rotatable bonds is 8. The maximum Gasteiger partial charge on any atom is 0.315 e. The molecule has 0 radical (unpaired) electrons. The molecule has 9 nitrogen and oxygen atoms in total. The SMILES string of the molecule is CCOc1cc(/C=N/NS(=O)(=O)c2ccc(C)c(C)c2)cc([N+](=O)[O-])c1OC. The van der Waals surface area contributed by atoms with Crippen molar-refractivity contribution in [2.75, 3.05) is 13.7 Å². The Morgan fingerprint density at radius 3 is 2.50 bits per heavy atom. The molecule has 0 aliphatic heterocycles. The fourth-order valence-corrected chi connectivity index (χ4v) is 3.27. The molecule has 0 spiro atoms. The second kappa shape index (κ2) is 8.70. The number of nitrogens with one attached hydrogen (secondary N) is 1. The van der Waals surface area contributed by atoms with Crippen LogP contribution in [0.3, 0.4) is 0 Å². The number of aryl methyl sites for hydroxylation is 2. The summed E-state index contributed by atoms with van der Waals surface area (Å²) in [4.78, 5) is 12.8. The van der Waals surface area contributed by atoms with Gasteiger partial charge in [-0.1, -0.05) is 6.07 Å². The van der Waals surface area contributed by atoms with Gasteiger partial charge in [-0.25, -0.2) is 4.83 Å². The smallest absolute Gasteiger partial charge is 0.315 e. The minimum atomic E-state index is -3.87. The van der Waals surface area contributed by atoms with Crippen LogP contribution in [0, 0.1) is 24.0 Å². The molecule has 150 valence electrons. The third-order valence-electron chi connectivity index (χ3n) is 3.93. The van der Waals surface area contributed by atoms with Crippen LogP contribution in [0.15, 0.2) is 40.3 Å². The van der Waals surface area contributed by atoms with Gasteiger partial charge in [-0.2, -0.15) is 13.5 Å². The standard InChI is InChI=1S/C18H21N3O6S/c1-5-27-17-10-14(9-16(21(22)23)18(17)26-4)11-19-20-28(24,25)15-7-6-12(2)13(3)8-15/h6-11,20H,5H2,1-4H3/b19-11+. The molecule has 0 bridgehead atoms. The van der Waals surface area contributed by atoms with E-state index in [1.54, 1.807) is 19.1 Å². The number of nitro groups is 1. The van der Waals surface area contributed by atoms with E-state index in [2.05, 4.69) is 9.93 Å². The molecular weight excluding hydrogens is 386 g/mol. The number of methoxy groups -OCH3 is 1. The molecule has 0 aromatic heterocycles. The summed E-state index contributed by atoms with van der Waals surface area (Å²) in [5.41, 5.74) is 1.76. The van der Waals surface area contributed by atoms with Gasteiger partial charge in [0.1, 0.15) is 0 Å². The Balaban J connectivity index is 2.32. The molecular formula is C18H21N3O6S. The summed E-state index contributed by atoms with van der Waals surface area (Å²) in [5, 5.41) is 15.0. The first kappa shape index (κ1) is 21.2. The maximum absolute atomic E-state index is 12.4. The number of benzene rings is 2. The Bertz CT molecular complexity index is 1020. The van der Waals surface area contributed by atoms with Crippen LogP contribution in [-0.2, 0) is 10.0 Å². The van der Waals surface area contributed by atoms with E-state index in [0.29, 0.717) is 0 Å². The molecule has 10 heteroatoms. The Hall–Kier alpha value is -3.14. The number of hydrazone groups is 1. The first-order chi connectivity index (χ1) is 13.2. The first-order valence-corrected chi connectivity index (χ1v) is 9.79. The number of hydrogen-bond acceptors (Lipinski definition) is 7. The first-order valence-electron chi connectivity index (χ1n) is 8.31. The zero-order chi connectivity index (χ0) is 20.9. The molecule has 0 amide bonds. The van der Waals surface area contributed by atoms with E-state index in [-0.39, 0.29) is 34.3 Å². The van der Waals surface area contributed by atoms with E-state index in [1.807, 2.05) is 13.8 Å². The molecule has 0 unspecified atom stereocenters. The van der Waals surface area contributed by atoms with Crippen LogP contribution < -0.4 is 14.3 Å². The van der Waals surface area contributed by atoms with E-state index in [4.69, 9.17) is 9.47 Å². The van der Waals surface area contributed by atoms with E-state index in [9.17, 15) is 18.5 Å². The molecule has 0 aliphatic carbocycles. The predicted molar refractivity (Wildman–Crippen MR) is 105 cm³/mol. The summed E-state index contributed by atoms with van der Waals surface area (Å²) < 4.78 is 35.1. The van der Waals surface area contributed by atoms with Crippen molar-refractivity contribution in [2.45, 2.75) is 25.7 Å². The van der Waals surface area contributed by atoms with Gasteiger partial charge in [-0.05, 0) is 50.1 Å². The normalized spacial score (nSPS) is 11.4. The minimum absolute atomic E-state index is 0.0142. The summed E-state index contributed by atoms with van der Waals surface area (Å²) in [6, 6.07) is 7.41. The van der Waals surface area contributed by atoms with Crippen LogP contribution in [0.4, 0.5) is 5.69 Å². The Morgan fingerprint density at radius 1 is 1.21 bits per heavy atom. The predicted octanol–water partition coefficient (Wildman–Crippen LogP) is 2.93. The average Bonchev–Trinajstić information content (AvgIpc) is 2.63. The molecule has 0 saturated carbocycles. The molecule has 2 aromatic carbocycles. The highest BCUT2D eigenvalue weighted by Crippen LogP contribution is 2.37. The molecule has 28 heavy (non-hydrogen) atoms. The van der Waals surface area contributed by atoms with Crippen LogP contribution in [0.1, 0.15) is 23.6 Å². The zero-order valence-electron chi connectivity index (χ0n) is 15.9. The maximum atomic E-state index is 12.4. The minimum Gasteiger partial charge on any atom is -0.490 e. The number of sulfonamides is 1. The van der Waals surface area contributed by atoms with Gasteiger partial charge in [0.15, 0.2) is 5.75 Å². The highest BCUT2D eigenvalue weighted by molar-refractivity contribution is 7.89. The van der Waals surface area contributed by atoms with Crippen LogP contribution in [0.25, 0.3) is 0 Å². The largest absolute Gasteiger partial charge is 0.490 e. The monoisotopic (exact) mass is 407 g/mol. The van der Waals surface area contributed by atoms with Gasteiger partial charge in [0.25, 0.3) is 10.0 Å². The van der Waals surface area contributed by atoms with Gasteiger partial charge < -0.3 is 9.47 Å². The third kappa shape index (κ3) is 4.77. The number of nitrogens with zero attached hydrogens (tertiary/aromatic N) is 2. The van der Waals surface area contributed by atoms with Gasteiger partial charge in [0, 0.05) is 11.6 Å². The summed E-state index contributed by atoms with van der Waals surface area (Å²) in [6.45, 7) is 5.68. The summed E-state index contributed by atoms with van der Waals surface area (Å²) in [5.74, 6) is 0.150. The van der Waals surface area contributed by atoms with Gasteiger partial charge >= 0.3 is 5.69 Å². The van der Waals surface area contributed by atoms with Crippen LogP contribution in [0.2, 0.25) is 0 Å². The second-order valence-corrected chi connectivity index (χ2v) is 7.52. The van der Waals surface area contributed by atoms with Crippen molar-refractivity contribution in [3.05, 3.63) is 57.1 Å². The van der Waals surface area contributed by atoms with Crippen molar-refractivity contribution >= 4 is 21.9 Å². The summed E-state index contributed by atoms with van der Waals surface area (Å²) >= 11 is 0. The molecule has 0 fully saturated rings. The molecule has 0 atom stereocenters. The molecule has 0 aliphatic rings. The van der Waals surface area contributed by atoms with Crippen LogP contribution in [0.5, 0.6) is 11.5 Å². The lowest BCUT2D eigenvalue weighted by Crippen LogP contribution is -2.18. The third-order valence-corrected chi connectivity index (χ3v) is 5.15. The quantitative estimate of drug-likeness (QED) is 0.408. The lowest BCUT2D eigenvalue weighted by Gasteiger charge is -2.10. The van der Waals surface area contributed by atoms with Gasteiger partial charge in [0.2, 0.25) is 5.75 Å². The van der Waals surface area contributed by atoms with E-state index >= 15 is 0 Å². The number of ether oxygens (including phenoxy) is 2. The average molecular weight is 407 g/mol. The van der Waals surface area contributed by atoms with E-state index in [1.165, 1.54) is 25.3 Å². The Kier molecular flexibility index (Phi) is 6.57. The van der Waals surface area contributed by atoms with E-state index in [0.717, 1.165) is 17.3 Å². The highest BCUT2D eigenvalue weighted by Gasteiger charge is 2.21. The van der Waals surface area contributed by atoms with Gasteiger partial charge in [-0.15, -0.1) is 0 Å². The second-order valence-electron chi connectivity index (χ2n) is 5.86. The zero-order valence-corrected chi connectivity index (χ0v) is 16.7. The fraction of sp³-hybridized carbons (Fsp3) is 0.278. The molecule has 1 N–H and O–H groups in total. The van der Waals surface area contributed by atoms with Crippen molar-refractivity contribution in [2.24, 2.45) is 5.10 Å². The Labute approximate surface area is 163 Å². The van der Waals surface area contributed by atoms with Crippen molar-refractivity contribution < 1.29 is 22.8 Å². The van der Waals surface area contributed by atoms with Crippen molar-refractivity contribution in [3.63, 3.8) is 0 Å². The van der Waals surface area contributed by atoms with Gasteiger partial charge in [0.05, 0.1) is 29.8 Å². The summed E-state index contributed by atoms with van der Waals surface area (Å²) in [6.07, 6.45) is 1.16. The van der Waals surface area contributed by atoms with E-state index < -0.39 is 14.9 Å². The molecule has 2 aromatic rings. The highest BCUT2D eigenvalue weighted by atomic mass is 32.2. The Morgan fingerprint density at radius 2 is 1.93 bits per heavy atom. The van der Waals surface area contributed by atoms with Crippen molar-refractivity contribution in [1.29, 1.82) is 0 Å². The lowest BCUT2D eigenvalue weighted by atomic mass is 10.1.